The average Bonchev–Trinajstić information content (AvgIpc) is 3.10. The van der Waals surface area contributed by atoms with E-state index in [2.05, 4.69) is 26.4 Å². The summed E-state index contributed by atoms with van der Waals surface area (Å²) in [6, 6.07) is 7.53. The highest BCUT2D eigenvalue weighted by Gasteiger charge is 2.37. The third kappa shape index (κ3) is 3.18. The lowest BCUT2D eigenvalue weighted by atomic mass is 9.89. The molecular weight excluding hydrogens is 294 g/mol. The summed E-state index contributed by atoms with van der Waals surface area (Å²) in [6.45, 7) is 1.96. The number of hydrogen-bond donors (Lipinski definition) is 2. The lowest BCUT2D eigenvalue weighted by Gasteiger charge is -2.38. The minimum atomic E-state index is -0.995. The number of aromatic amines is 1. The normalized spacial score (nSPS) is 21.8. The number of methoxy groups -OCH3 is 1. The second-order valence-electron chi connectivity index (χ2n) is 5.84. The van der Waals surface area contributed by atoms with Crippen LogP contribution in [0.25, 0.3) is 0 Å². The Morgan fingerprint density at radius 3 is 3.09 bits per heavy atom. The van der Waals surface area contributed by atoms with E-state index in [0.717, 1.165) is 24.3 Å². The zero-order valence-corrected chi connectivity index (χ0v) is 13.0. The van der Waals surface area contributed by atoms with Crippen molar-refractivity contribution in [1.29, 1.82) is 5.26 Å². The molecule has 0 amide bonds. The minimum Gasteiger partial charge on any atom is -0.496 e. The maximum absolute atomic E-state index is 10.9. The van der Waals surface area contributed by atoms with Crippen LogP contribution in [-0.2, 0) is 12.1 Å². The summed E-state index contributed by atoms with van der Waals surface area (Å²) in [6.07, 6.45) is 3.09. The summed E-state index contributed by atoms with van der Waals surface area (Å²) >= 11 is 0. The molecule has 0 saturated carbocycles. The van der Waals surface area contributed by atoms with E-state index in [1.807, 2.05) is 12.1 Å². The largest absolute Gasteiger partial charge is 0.496 e. The molecule has 2 N–H and O–H groups in total. The highest BCUT2D eigenvalue weighted by molar-refractivity contribution is 5.42. The van der Waals surface area contributed by atoms with Crippen LogP contribution >= 0.6 is 0 Å². The quantitative estimate of drug-likeness (QED) is 0.879. The van der Waals surface area contributed by atoms with Crippen molar-refractivity contribution < 1.29 is 9.84 Å². The van der Waals surface area contributed by atoms with Crippen LogP contribution in [0.15, 0.2) is 24.4 Å². The van der Waals surface area contributed by atoms with Crippen LogP contribution in [0.2, 0.25) is 0 Å². The van der Waals surface area contributed by atoms with Gasteiger partial charge in [-0.05, 0) is 37.6 Å². The first-order valence-corrected chi connectivity index (χ1v) is 7.52. The van der Waals surface area contributed by atoms with Gasteiger partial charge in [0, 0.05) is 18.7 Å². The third-order valence-electron chi connectivity index (χ3n) is 4.25. The van der Waals surface area contributed by atoms with E-state index in [9.17, 15) is 5.11 Å². The number of nitrogens with one attached hydrogen (secondary N) is 1. The molecule has 1 fully saturated rings. The Morgan fingerprint density at radius 1 is 1.52 bits per heavy atom. The van der Waals surface area contributed by atoms with Gasteiger partial charge in [0.15, 0.2) is 0 Å². The number of aliphatic hydroxyl groups is 1. The maximum Gasteiger partial charge on any atom is 0.123 e. The van der Waals surface area contributed by atoms with E-state index in [1.54, 1.807) is 19.4 Å². The Balaban J connectivity index is 1.79. The molecule has 0 aliphatic carbocycles. The third-order valence-corrected chi connectivity index (χ3v) is 4.25. The van der Waals surface area contributed by atoms with Crippen LogP contribution in [0, 0.1) is 11.3 Å². The SMILES string of the molecule is COc1ccc(C#N)cc1CN1CCC[C@](O)(c2cn[nH]n2)C1. The molecule has 1 saturated heterocycles. The number of piperidine rings is 1. The molecule has 1 atom stereocenters. The molecule has 0 radical (unpaired) electrons. The van der Waals surface area contributed by atoms with Gasteiger partial charge in [0.25, 0.3) is 0 Å². The second kappa shape index (κ2) is 6.36. The van der Waals surface area contributed by atoms with E-state index in [-0.39, 0.29) is 0 Å². The predicted molar refractivity (Wildman–Crippen MR) is 82.5 cm³/mol. The van der Waals surface area contributed by atoms with Crippen molar-refractivity contribution in [2.75, 3.05) is 20.2 Å². The molecule has 120 valence electrons. The zero-order chi connectivity index (χ0) is 16.3. The fourth-order valence-corrected chi connectivity index (χ4v) is 3.11. The summed E-state index contributed by atoms with van der Waals surface area (Å²) in [5.74, 6) is 0.750. The molecule has 0 spiro atoms. The van der Waals surface area contributed by atoms with Crippen LogP contribution in [0.5, 0.6) is 5.75 Å². The number of ether oxygens (including phenoxy) is 1. The first-order chi connectivity index (χ1) is 11.1. The van der Waals surface area contributed by atoms with Gasteiger partial charge in [0.1, 0.15) is 17.0 Å². The van der Waals surface area contributed by atoms with Crippen molar-refractivity contribution in [3.63, 3.8) is 0 Å². The van der Waals surface area contributed by atoms with E-state index < -0.39 is 5.60 Å². The fraction of sp³-hybridized carbons (Fsp3) is 0.438. The second-order valence-corrected chi connectivity index (χ2v) is 5.84. The van der Waals surface area contributed by atoms with Crippen LogP contribution in [0.4, 0.5) is 0 Å². The van der Waals surface area contributed by atoms with Gasteiger partial charge < -0.3 is 9.84 Å². The van der Waals surface area contributed by atoms with E-state index >= 15 is 0 Å². The molecule has 3 rings (SSSR count). The lowest BCUT2D eigenvalue weighted by Crippen LogP contribution is -2.46. The predicted octanol–water partition coefficient (Wildman–Crippen LogP) is 1.17. The first kappa shape index (κ1) is 15.5. The number of nitriles is 1. The molecule has 23 heavy (non-hydrogen) atoms. The van der Waals surface area contributed by atoms with Crippen molar-refractivity contribution in [2.24, 2.45) is 0 Å². The van der Waals surface area contributed by atoms with E-state index in [4.69, 9.17) is 10.00 Å². The summed E-state index contributed by atoms with van der Waals surface area (Å²) in [7, 11) is 1.62. The van der Waals surface area contributed by atoms with Gasteiger partial charge in [-0.2, -0.15) is 20.7 Å². The zero-order valence-electron chi connectivity index (χ0n) is 13.0. The number of hydrogen-bond acceptors (Lipinski definition) is 6. The monoisotopic (exact) mass is 313 g/mol. The van der Waals surface area contributed by atoms with Crippen molar-refractivity contribution >= 4 is 0 Å². The van der Waals surface area contributed by atoms with Crippen LogP contribution < -0.4 is 4.74 Å². The van der Waals surface area contributed by atoms with Crippen LogP contribution in [-0.4, -0.2) is 45.6 Å². The molecule has 0 unspecified atom stereocenters. The summed E-state index contributed by atoms with van der Waals surface area (Å²) in [4.78, 5) is 2.15. The number of rotatable bonds is 4. The Kier molecular flexibility index (Phi) is 4.28. The molecule has 1 aromatic carbocycles. The van der Waals surface area contributed by atoms with Gasteiger partial charge >= 0.3 is 0 Å². The molecule has 1 aromatic heterocycles. The molecule has 7 heteroatoms. The molecule has 2 aromatic rings. The Bertz CT molecular complexity index is 710. The fourth-order valence-electron chi connectivity index (χ4n) is 3.11. The van der Waals surface area contributed by atoms with Gasteiger partial charge in [-0.15, -0.1) is 0 Å². The number of likely N-dealkylation sites (tertiary alicyclic amines) is 1. The standard InChI is InChI=1S/C16H19N5O2/c1-23-14-4-3-12(8-17)7-13(14)10-21-6-2-5-16(22,11-21)15-9-18-20-19-15/h3-4,7,9,22H,2,5-6,10-11H2,1H3,(H,18,19,20)/t16-/m1/s1. The lowest BCUT2D eigenvalue weighted by molar-refractivity contribution is -0.0415. The first-order valence-electron chi connectivity index (χ1n) is 7.52. The molecular formula is C16H19N5O2. The van der Waals surface area contributed by atoms with E-state index in [0.29, 0.717) is 30.8 Å². The Hall–Kier alpha value is -2.43. The van der Waals surface area contributed by atoms with Crippen molar-refractivity contribution in [3.05, 3.63) is 41.2 Å². The van der Waals surface area contributed by atoms with E-state index in [1.165, 1.54) is 0 Å². The highest BCUT2D eigenvalue weighted by Crippen LogP contribution is 2.31. The van der Waals surface area contributed by atoms with Gasteiger partial charge in [0.05, 0.1) is 24.9 Å². The minimum absolute atomic E-state index is 0.472. The smallest absolute Gasteiger partial charge is 0.123 e. The topological polar surface area (TPSA) is 98.1 Å². The average molecular weight is 313 g/mol. The number of benzene rings is 1. The number of aromatic nitrogens is 3. The van der Waals surface area contributed by atoms with Gasteiger partial charge in [-0.3, -0.25) is 4.90 Å². The number of nitrogens with zero attached hydrogens (tertiary/aromatic N) is 4. The highest BCUT2D eigenvalue weighted by atomic mass is 16.5. The van der Waals surface area contributed by atoms with Crippen molar-refractivity contribution in [1.82, 2.24) is 20.3 Å². The summed E-state index contributed by atoms with van der Waals surface area (Å²) in [5.41, 5.74) is 1.12. The number of H-pyrrole nitrogens is 1. The van der Waals surface area contributed by atoms with Gasteiger partial charge in [-0.1, -0.05) is 0 Å². The molecule has 0 bridgehead atoms. The molecule has 7 nitrogen and oxygen atoms in total. The van der Waals surface area contributed by atoms with Crippen LogP contribution in [0.1, 0.15) is 29.7 Å². The van der Waals surface area contributed by atoms with Crippen molar-refractivity contribution in [3.8, 4) is 11.8 Å². The summed E-state index contributed by atoms with van der Waals surface area (Å²) in [5, 5.41) is 30.3. The summed E-state index contributed by atoms with van der Waals surface area (Å²) < 4.78 is 5.38. The molecule has 1 aliphatic rings. The van der Waals surface area contributed by atoms with Crippen molar-refractivity contribution in [2.45, 2.75) is 25.0 Å². The molecule has 2 heterocycles. The Labute approximate surface area is 134 Å². The number of β-amino-alcohol motifs (C(OH)–C–C–N with tert-alkyl or cyclic N) is 1. The van der Waals surface area contributed by atoms with Crippen LogP contribution in [0.3, 0.4) is 0 Å². The van der Waals surface area contributed by atoms with Gasteiger partial charge in [-0.25, -0.2) is 0 Å². The maximum atomic E-state index is 10.9. The molecule has 1 aliphatic heterocycles. The Morgan fingerprint density at radius 2 is 2.39 bits per heavy atom. The van der Waals surface area contributed by atoms with Gasteiger partial charge in [0.2, 0.25) is 0 Å².